The van der Waals surface area contributed by atoms with Crippen LogP contribution in [-0.4, -0.2) is 0 Å². The van der Waals surface area contributed by atoms with E-state index in [0.717, 1.165) is 11.1 Å². The van der Waals surface area contributed by atoms with Crippen LogP contribution in [0.25, 0.3) is 0 Å². The zero-order valence-electron chi connectivity index (χ0n) is 9.50. The summed E-state index contributed by atoms with van der Waals surface area (Å²) in [4.78, 5) is 0. The number of halogens is 2. The summed E-state index contributed by atoms with van der Waals surface area (Å²) in [6, 6.07) is 11.1. The van der Waals surface area contributed by atoms with Crippen molar-refractivity contribution in [2.75, 3.05) is 5.32 Å². The Morgan fingerprint density at radius 2 is 1.71 bits per heavy atom. The van der Waals surface area contributed by atoms with Gasteiger partial charge in [-0.15, -0.1) is 0 Å². The number of hydrogen-bond donors (Lipinski definition) is 1. The summed E-state index contributed by atoms with van der Waals surface area (Å²) in [6.07, 6.45) is 0. The average Bonchev–Trinajstić information content (AvgIpc) is 2.31. The molecule has 1 nitrogen and oxygen atoms in total. The molecule has 88 valence electrons. The van der Waals surface area contributed by atoms with E-state index in [1.807, 2.05) is 13.0 Å². The Morgan fingerprint density at radius 1 is 1.00 bits per heavy atom. The minimum Gasteiger partial charge on any atom is -0.378 e. The molecule has 0 aliphatic rings. The van der Waals surface area contributed by atoms with Gasteiger partial charge in [-0.2, -0.15) is 0 Å². The predicted molar refractivity (Wildman–Crippen MR) is 64.9 cm³/mol. The molecule has 0 unspecified atom stereocenters. The van der Waals surface area contributed by atoms with E-state index >= 15 is 0 Å². The van der Waals surface area contributed by atoms with Crippen molar-refractivity contribution in [3.8, 4) is 0 Å². The molecule has 0 spiro atoms. The Morgan fingerprint density at radius 3 is 2.35 bits per heavy atom. The monoisotopic (exact) mass is 233 g/mol. The van der Waals surface area contributed by atoms with Crippen molar-refractivity contribution in [3.05, 3.63) is 65.2 Å². The maximum absolute atomic E-state index is 13.5. The molecular formula is C14H13F2N. The molecule has 0 aliphatic carbocycles. The van der Waals surface area contributed by atoms with Gasteiger partial charge in [0.2, 0.25) is 0 Å². The zero-order valence-corrected chi connectivity index (χ0v) is 9.50. The molecule has 0 atom stereocenters. The van der Waals surface area contributed by atoms with Crippen LogP contribution in [0.5, 0.6) is 0 Å². The average molecular weight is 233 g/mol. The van der Waals surface area contributed by atoms with Crippen molar-refractivity contribution in [1.82, 2.24) is 0 Å². The number of aryl methyl sites for hydroxylation is 1. The minimum atomic E-state index is -0.271. The fourth-order valence-corrected chi connectivity index (χ4v) is 1.65. The van der Waals surface area contributed by atoms with Gasteiger partial charge in [-0.3, -0.25) is 0 Å². The molecule has 17 heavy (non-hydrogen) atoms. The van der Waals surface area contributed by atoms with Gasteiger partial charge in [0.25, 0.3) is 0 Å². The van der Waals surface area contributed by atoms with E-state index in [1.54, 1.807) is 18.2 Å². The van der Waals surface area contributed by atoms with Crippen molar-refractivity contribution >= 4 is 5.69 Å². The summed E-state index contributed by atoms with van der Waals surface area (Å²) in [7, 11) is 0. The molecule has 2 rings (SSSR count). The van der Waals surface area contributed by atoms with Gasteiger partial charge in [0.1, 0.15) is 11.6 Å². The second-order valence-electron chi connectivity index (χ2n) is 3.91. The van der Waals surface area contributed by atoms with Gasteiger partial charge in [-0.1, -0.05) is 24.3 Å². The van der Waals surface area contributed by atoms with Crippen LogP contribution < -0.4 is 5.32 Å². The first-order valence-corrected chi connectivity index (χ1v) is 5.40. The highest BCUT2D eigenvalue weighted by Crippen LogP contribution is 2.19. The molecule has 3 heteroatoms. The molecule has 0 aliphatic heterocycles. The summed E-state index contributed by atoms with van der Waals surface area (Å²) in [5.41, 5.74) is 2.26. The maximum Gasteiger partial charge on any atom is 0.146 e. The largest absolute Gasteiger partial charge is 0.378 e. The standard InChI is InChI=1S/C14H13F2N/c1-10-3-2-4-13(16)14(10)17-9-11-5-7-12(15)8-6-11/h2-8,17H,9H2,1H3. The van der Waals surface area contributed by atoms with Crippen LogP contribution in [0.3, 0.4) is 0 Å². The lowest BCUT2D eigenvalue weighted by Crippen LogP contribution is -2.03. The molecule has 0 amide bonds. The minimum absolute atomic E-state index is 0.268. The highest BCUT2D eigenvalue weighted by molar-refractivity contribution is 5.51. The van der Waals surface area contributed by atoms with Crippen LogP contribution in [-0.2, 0) is 6.54 Å². The third kappa shape index (κ3) is 2.81. The molecular weight excluding hydrogens is 220 g/mol. The lowest BCUT2D eigenvalue weighted by atomic mass is 10.1. The van der Waals surface area contributed by atoms with E-state index in [1.165, 1.54) is 18.2 Å². The van der Waals surface area contributed by atoms with Gasteiger partial charge < -0.3 is 5.32 Å². The number of benzene rings is 2. The lowest BCUT2D eigenvalue weighted by Gasteiger charge is -2.10. The number of nitrogens with one attached hydrogen (secondary N) is 1. The molecule has 0 aromatic heterocycles. The van der Waals surface area contributed by atoms with Gasteiger partial charge in [0.15, 0.2) is 0 Å². The zero-order chi connectivity index (χ0) is 12.3. The smallest absolute Gasteiger partial charge is 0.146 e. The second-order valence-corrected chi connectivity index (χ2v) is 3.91. The molecule has 0 radical (unpaired) electrons. The van der Waals surface area contributed by atoms with Crippen LogP contribution in [0.2, 0.25) is 0 Å². The fourth-order valence-electron chi connectivity index (χ4n) is 1.65. The van der Waals surface area contributed by atoms with Crippen molar-refractivity contribution in [3.63, 3.8) is 0 Å². The quantitative estimate of drug-likeness (QED) is 0.848. The van der Waals surface area contributed by atoms with Crippen LogP contribution in [0, 0.1) is 18.6 Å². The molecule has 0 fully saturated rings. The van der Waals surface area contributed by atoms with Crippen molar-refractivity contribution < 1.29 is 8.78 Å². The van der Waals surface area contributed by atoms with E-state index in [9.17, 15) is 8.78 Å². The number of rotatable bonds is 3. The third-order valence-electron chi connectivity index (χ3n) is 2.60. The summed E-state index contributed by atoms with van der Waals surface area (Å²) in [5.74, 6) is -0.539. The van der Waals surface area contributed by atoms with E-state index < -0.39 is 0 Å². The molecule has 1 N–H and O–H groups in total. The number of hydrogen-bond acceptors (Lipinski definition) is 1. The Balaban J connectivity index is 2.10. The number of anilines is 1. The van der Waals surface area contributed by atoms with Crippen LogP contribution in [0.1, 0.15) is 11.1 Å². The lowest BCUT2D eigenvalue weighted by molar-refractivity contribution is 0.626. The highest BCUT2D eigenvalue weighted by Gasteiger charge is 2.04. The molecule has 0 saturated carbocycles. The van der Waals surface area contributed by atoms with Crippen LogP contribution in [0.15, 0.2) is 42.5 Å². The van der Waals surface area contributed by atoms with Gasteiger partial charge in [0, 0.05) is 6.54 Å². The predicted octanol–water partition coefficient (Wildman–Crippen LogP) is 3.89. The van der Waals surface area contributed by atoms with E-state index in [0.29, 0.717) is 12.2 Å². The van der Waals surface area contributed by atoms with E-state index in [4.69, 9.17) is 0 Å². The van der Waals surface area contributed by atoms with Crippen molar-refractivity contribution in [2.45, 2.75) is 13.5 Å². The fraction of sp³-hybridized carbons (Fsp3) is 0.143. The Kier molecular flexibility index (Phi) is 3.38. The molecule has 0 saturated heterocycles. The summed E-state index contributed by atoms with van der Waals surface area (Å²) < 4.78 is 26.2. The topological polar surface area (TPSA) is 12.0 Å². The molecule has 0 bridgehead atoms. The van der Waals surface area contributed by atoms with Gasteiger partial charge in [0.05, 0.1) is 5.69 Å². The van der Waals surface area contributed by atoms with Crippen LogP contribution in [0.4, 0.5) is 14.5 Å². The van der Waals surface area contributed by atoms with Crippen molar-refractivity contribution in [2.24, 2.45) is 0 Å². The number of para-hydroxylation sites is 1. The SMILES string of the molecule is Cc1cccc(F)c1NCc1ccc(F)cc1. The molecule has 2 aromatic rings. The Bertz CT molecular complexity index is 486. The summed E-state index contributed by atoms with van der Waals surface area (Å²) in [5, 5.41) is 3.02. The van der Waals surface area contributed by atoms with Gasteiger partial charge in [-0.05, 0) is 36.2 Å². The first-order valence-electron chi connectivity index (χ1n) is 5.40. The highest BCUT2D eigenvalue weighted by atomic mass is 19.1. The van der Waals surface area contributed by atoms with Crippen molar-refractivity contribution in [1.29, 1.82) is 0 Å². The van der Waals surface area contributed by atoms with Gasteiger partial charge >= 0.3 is 0 Å². The van der Waals surface area contributed by atoms with E-state index in [2.05, 4.69) is 5.32 Å². The maximum atomic E-state index is 13.5. The normalized spacial score (nSPS) is 10.3. The first kappa shape index (κ1) is 11.6. The Labute approximate surface area is 99.1 Å². The molecule has 0 heterocycles. The first-order chi connectivity index (χ1) is 8.16. The van der Waals surface area contributed by atoms with E-state index in [-0.39, 0.29) is 11.6 Å². The van der Waals surface area contributed by atoms with Crippen LogP contribution >= 0.6 is 0 Å². The second kappa shape index (κ2) is 4.95. The molecule has 2 aromatic carbocycles. The summed E-state index contributed by atoms with van der Waals surface area (Å²) >= 11 is 0. The van der Waals surface area contributed by atoms with Gasteiger partial charge in [-0.25, -0.2) is 8.78 Å². The Hall–Kier alpha value is -1.90. The summed E-state index contributed by atoms with van der Waals surface area (Å²) in [6.45, 7) is 2.32. The third-order valence-corrected chi connectivity index (χ3v) is 2.60.